The number of ether oxygens (including phenoxy) is 1. The fraction of sp³-hybridized carbons (Fsp3) is 0.571. The number of rotatable bonds is 11. The van der Waals surface area contributed by atoms with Crippen molar-refractivity contribution in [2.45, 2.75) is 26.3 Å². The molecule has 144 valence electrons. The van der Waals surface area contributed by atoms with Gasteiger partial charge >= 0.3 is 7.60 Å². The fourth-order valence-corrected chi connectivity index (χ4v) is 2.22. The van der Waals surface area contributed by atoms with E-state index in [-0.39, 0.29) is 19.1 Å². The maximum atomic E-state index is 12.2. The molecule has 11 nitrogen and oxygen atoms in total. The van der Waals surface area contributed by atoms with Gasteiger partial charge in [0.1, 0.15) is 11.8 Å². The Bertz CT molecular complexity index is 776. The molecule has 0 fully saturated rings. The quantitative estimate of drug-likeness (QED) is 0.251. The topological polar surface area (TPSA) is 138 Å². The van der Waals surface area contributed by atoms with Gasteiger partial charge < -0.3 is 14.2 Å². The van der Waals surface area contributed by atoms with Gasteiger partial charge in [-0.1, -0.05) is 13.3 Å². The van der Waals surface area contributed by atoms with Crippen LogP contribution in [0.25, 0.3) is 11.2 Å². The summed E-state index contributed by atoms with van der Waals surface area (Å²) in [4.78, 5) is 38.5. The van der Waals surface area contributed by atoms with Crippen molar-refractivity contribution in [3.8, 4) is 0 Å². The number of hydroxylamine groups is 1. The van der Waals surface area contributed by atoms with Crippen LogP contribution in [0.5, 0.6) is 0 Å². The van der Waals surface area contributed by atoms with E-state index in [0.717, 1.165) is 19.5 Å². The zero-order valence-electron chi connectivity index (χ0n) is 14.6. The number of carbonyl (C=O) groups is 1. The molecule has 0 radical (unpaired) electrons. The summed E-state index contributed by atoms with van der Waals surface area (Å²) in [6.07, 6.45) is 4.57. The molecule has 2 aromatic rings. The number of hydrogen-bond donors (Lipinski definition) is 2. The monoisotopic (exact) mass is 387 g/mol. The Labute approximate surface area is 150 Å². The van der Waals surface area contributed by atoms with Crippen molar-refractivity contribution in [3.05, 3.63) is 18.3 Å². The van der Waals surface area contributed by atoms with E-state index in [2.05, 4.69) is 25.0 Å². The van der Waals surface area contributed by atoms with Crippen LogP contribution in [0.4, 0.5) is 0 Å². The number of nitrogens with one attached hydrogen (secondary N) is 1. The number of carbonyl (C=O) groups excluding carboxylic acids is 1. The molecule has 0 saturated heterocycles. The molecule has 0 aliphatic heterocycles. The van der Waals surface area contributed by atoms with Crippen molar-refractivity contribution in [3.63, 3.8) is 0 Å². The molecule has 2 aromatic heterocycles. The summed E-state index contributed by atoms with van der Waals surface area (Å²) in [6, 6.07) is 0. The van der Waals surface area contributed by atoms with Gasteiger partial charge in [0.25, 0.3) is 5.91 Å². The molecule has 0 aliphatic rings. The zero-order valence-corrected chi connectivity index (χ0v) is 15.5. The minimum atomic E-state index is -3.56. The maximum absolute atomic E-state index is 12.2. The fourth-order valence-electron chi connectivity index (χ4n) is 1.95. The Morgan fingerprint density at radius 2 is 2.15 bits per heavy atom. The average Bonchev–Trinajstić information content (AvgIpc) is 3.00. The minimum absolute atomic E-state index is 0.113. The highest BCUT2D eigenvalue weighted by Gasteiger charge is 2.16. The van der Waals surface area contributed by atoms with Crippen LogP contribution in [0.2, 0.25) is 0 Å². The summed E-state index contributed by atoms with van der Waals surface area (Å²) >= 11 is 0. The van der Waals surface area contributed by atoms with Gasteiger partial charge in [0.05, 0.1) is 19.5 Å². The first-order valence-electron chi connectivity index (χ1n) is 8.03. The largest absolute Gasteiger partial charge is 0.353 e. The summed E-state index contributed by atoms with van der Waals surface area (Å²) in [5.74, 6) is -0.495. The average molecular weight is 387 g/mol. The maximum Gasteiger partial charge on any atom is 0.327 e. The summed E-state index contributed by atoms with van der Waals surface area (Å²) in [5.41, 5.74) is 3.26. The summed E-state index contributed by atoms with van der Waals surface area (Å²) in [7, 11) is -3.56. The zero-order chi connectivity index (χ0) is 19.0. The van der Waals surface area contributed by atoms with Gasteiger partial charge in [-0.3, -0.25) is 18.7 Å². The van der Waals surface area contributed by atoms with Crippen LogP contribution < -0.4 is 5.48 Å². The van der Waals surface area contributed by atoms with E-state index in [4.69, 9.17) is 14.5 Å². The number of nitrogens with zero attached hydrogens (tertiary/aromatic N) is 4. The summed E-state index contributed by atoms with van der Waals surface area (Å²) in [5, 5.41) is 0. The normalized spacial score (nSPS) is 13.7. The first-order chi connectivity index (χ1) is 12.4. The van der Waals surface area contributed by atoms with Crippen molar-refractivity contribution >= 4 is 24.7 Å². The lowest BCUT2D eigenvalue weighted by molar-refractivity contribution is 0.00698. The molecule has 0 aromatic carbocycles. The molecule has 0 spiro atoms. The molecule has 1 unspecified atom stereocenters. The molecule has 2 heterocycles. The van der Waals surface area contributed by atoms with E-state index < -0.39 is 13.5 Å². The van der Waals surface area contributed by atoms with Crippen LogP contribution >= 0.6 is 7.60 Å². The molecule has 0 bridgehead atoms. The van der Waals surface area contributed by atoms with Crippen LogP contribution in [-0.4, -0.2) is 57.0 Å². The second-order valence-corrected chi connectivity index (χ2v) is 7.29. The molecule has 1 amide bonds. The van der Waals surface area contributed by atoms with Gasteiger partial charge in [0.15, 0.2) is 18.1 Å². The molecular formula is C14H22N5O6P. The standard InChI is InChI=1S/C14H22N5O6P/c1-3-4-6-24-18-14(20)12-11-13(16-8-15-12)19(9-17-11)5-7-23-10-25-26(2,21)22/h8-9H,3-7,10H2,1-2H3,(H,18,20)(H,21,22). The highest BCUT2D eigenvalue weighted by atomic mass is 31.2. The highest BCUT2D eigenvalue weighted by molar-refractivity contribution is 7.51. The van der Waals surface area contributed by atoms with E-state index >= 15 is 0 Å². The SMILES string of the molecule is CCCCONC(=O)c1ncnc2c1ncn2CCOCOP(C)(=O)O. The minimum Gasteiger partial charge on any atom is -0.353 e. The van der Waals surface area contributed by atoms with Crippen molar-refractivity contribution < 1.29 is 28.4 Å². The van der Waals surface area contributed by atoms with E-state index in [1.165, 1.54) is 12.7 Å². The molecular weight excluding hydrogens is 365 g/mol. The van der Waals surface area contributed by atoms with Crippen LogP contribution in [0.1, 0.15) is 30.3 Å². The van der Waals surface area contributed by atoms with Crippen LogP contribution in [0.15, 0.2) is 12.7 Å². The number of amides is 1. The van der Waals surface area contributed by atoms with Gasteiger partial charge in [-0.25, -0.2) is 20.4 Å². The Balaban J connectivity index is 1.95. The third-order valence-electron chi connectivity index (χ3n) is 3.23. The smallest absolute Gasteiger partial charge is 0.327 e. The van der Waals surface area contributed by atoms with Gasteiger partial charge in [-0.2, -0.15) is 0 Å². The molecule has 1 atom stereocenters. The van der Waals surface area contributed by atoms with E-state index in [1.807, 2.05) is 6.92 Å². The first kappa shape index (κ1) is 20.4. The van der Waals surface area contributed by atoms with Gasteiger partial charge in [-0.15, -0.1) is 0 Å². The molecule has 0 saturated carbocycles. The Hall–Kier alpha value is -1.91. The van der Waals surface area contributed by atoms with Crippen molar-refractivity contribution in [1.82, 2.24) is 25.0 Å². The number of imidazole rings is 1. The Kier molecular flexibility index (Phi) is 7.61. The molecule has 26 heavy (non-hydrogen) atoms. The van der Waals surface area contributed by atoms with Crippen molar-refractivity contribution in [1.29, 1.82) is 0 Å². The predicted octanol–water partition coefficient (Wildman–Crippen LogP) is 1.09. The highest BCUT2D eigenvalue weighted by Crippen LogP contribution is 2.36. The molecule has 0 aliphatic carbocycles. The van der Waals surface area contributed by atoms with Crippen molar-refractivity contribution in [2.75, 3.05) is 26.7 Å². The number of aromatic nitrogens is 4. The molecule has 2 N–H and O–H groups in total. The van der Waals surface area contributed by atoms with Crippen LogP contribution in [-0.2, 0) is 25.2 Å². The Morgan fingerprint density at radius 3 is 2.88 bits per heavy atom. The third-order valence-corrected chi connectivity index (χ3v) is 3.82. The lowest BCUT2D eigenvalue weighted by atomic mass is 10.3. The van der Waals surface area contributed by atoms with E-state index in [0.29, 0.717) is 24.3 Å². The lowest BCUT2D eigenvalue weighted by Gasteiger charge is -2.08. The van der Waals surface area contributed by atoms with Crippen molar-refractivity contribution in [2.24, 2.45) is 0 Å². The van der Waals surface area contributed by atoms with Gasteiger partial charge in [0, 0.05) is 13.2 Å². The number of fused-ring (bicyclic) bond motifs is 1. The molecule has 2 rings (SSSR count). The van der Waals surface area contributed by atoms with Gasteiger partial charge in [0.2, 0.25) is 0 Å². The summed E-state index contributed by atoms with van der Waals surface area (Å²) < 4.78 is 22.4. The second kappa shape index (κ2) is 9.70. The Morgan fingerprint density at radius 1 is 1.35 bits per heavy atom. The summed E-state index contributed by atoms with van der Waals surface area (Å²) in [6.45, 7) is 3.79. The lowest BCUT2D eigenvalue weighted by Crippen LogP contribution is -2.25. The van der Waals surface area contributed by atoms with Gasteiger partial charge in [-0.05, 0) is 6.42 Å². The second-order valence-electron chi connectivity index (χ2n) is 5.42. The number of hydrogen-bond acceptors (Lipinski definition) is 8. The van der Waals surface area contributed by atoms with E-state index in [9.17, 15) is 9.36 Å². The first-order valence-corrected chi connectivity index (χ1v) is 10.1. The van der Waals surface area contributed by atoms with E-state index in [1.54, 1.807) is 4.57 Å². The van der Waals surface area contributed by atoms with Crippen LogP contribution in [0.3, 0.4) is 0 Å². The van der Waals surface area contributed by atoms with Crippen LogP contribution in [0, 0.1) is 0 Å². The third kappa shape index (κ3) is 6.11. The number of unbranched alkanes of at least 4 members (excludes halogenated alkanes) is 1. The predicted molar refractivity (Wildman–Crippen MR) is 91.3 cm³/mol. The molecule has 12 heteroatoms.